The van der Waals surface area contributed by atoms with Gasteiger partial charge in [0.05, 0.1) is 25.7 Å². The Morgan fingerprint density at radius 1 is 1.37 bits per heavy atom. The first kappa shape index (κ1) is 16.4. The molecular formula is C14H28N2O3. The summed E-state index contributed by atoms with van der Waals surface area (Å²) in [6.45, 7) is 10.3. The minimum Gasteiger partial charge on any atom is -0.380 e. The molecule has 0 aliphatic carbocycles. The van der Waals surface area contributed by atoms with Gasteiger partial charge in [-0.15, -0.1) is 0 Å². The lowest BCUT2D eigenvalue weighted by molar-refractivity contribution is -0.125. The molecular weight excluding hydrogens is 244 g/mol. The Morgan fingerprint density at radius 2 is 2.16 bits per heavy atom. The van der Waals surface area contributed by atoms with Gasteiger partial charge in [0.2, 0.25) is 5.91 Å². The molecule has 2 N–H and O–H groups in total. The molecule has 1 heterocycles. The van der Waals surface area contributed by atoms with Crippen molar-refractivity contribution in [2.75, 3.05) is 39.5 Å². The number of nitrogens with one attached hydrogen (secondary N) is 2. The quantitative estimate of drug-likeness (QED) is 0.609. The number of carbonyl (C=O) groups excluding carboxylic acids is 1. The first-order valence-electron chi connectivity index (χ1n) is 7.31. The van der Waals surface area contributed by atoms with Crippen LogP contribution < -0.4 is 10.6 Å². The second-order valence-electron chi connectivity index (χ2n) is 5.39. The van der Waals surface area contributed by atoms with Crippen LogP contribution in [0.15, 0.2) is 0 Å². The van der Waals surface area contributed by atoms with E-state index in [4.69, 9.17) is 9.47 Å². The number of carbonyl (C=O) groups is 1. The van der Waals surface area contributed by atoms with Gasteiger partial charge in [-0.25, -0.2) is 0 Å². The Morgan fingerprint density at radius 3 is 2.84 bits per heavy atom. The maximum atomic E-state index is 12.0. The molecule has 1 saturated heterocycles. The molecule has 112 valence electrons. The van der Waals surface area contributed by atoms with Crippen molar-refractivity contribution in [2.24, 2.45) is 11.8 Å². The van der Waals surface area contributed by atoms with Gasteiger partial charge in [0.15, 0.2) is 0 Å². The average Bonchev–Trinajstić information content (AvgIpc) is 2.81. The lowest BCUT2D eigenvalue weighted by Gasteiger charge is -2.17. The molecule has 0 saturated carbocycles. The zero-order valence-corrected chi connectivity index (χ0v) is 12.4. The number of hydrogen-bond donors (Lipinski definition) is 2. The molecule has 19 heavy (non-hydrogen) atoms. The van der Waals surface area contributed by atoms with Gasteiger partial charge >= 0.3 is 0 Å². The molecule has 1 fully saturated rings. The van der Waals surface area contributed by atoms with Crippen LogP contribution in [0.5, 0.6) is 0 Å². The zero-order chi connectivity index (χ0) is 14.1. The number of rotatable bonds is 9. The van der Waals surface area contributed by atoms with Crippen LogP contribution in [0.4, 0.5) is 0 Å². The third-order valence-corrected chi connectivity index (χ3v) is 3.27. The van der Waals surface area contributed by atoms with E-state index in [1.54, 1.807) is 0 Å². The number of hydrogen-bond acceptors (Lipinski definition) is 4. The van der Waals surface area contributed by atoms with Crippen LogP contribution in [0.25, 0.3) is 0 Å². The lowest BCUT2D eigenvalue weighted by atomic mass is 10.0. The van der Waals surface area contributed by atoms with Crippen molar-refractivity contribution in [3.05, 3.63) is 0 Å². The molecule has 0 radical (unpaired) electrons. The maximum absolute atomic E-state index is 12.0. The first-order valence-corrected chi connectivity index (χ1v) is 7.31. The van der Waals surface area contributed by atoms with Crippen LogP contribution in [-0.4, -0.2) is 51.5 Å². The Labute approximate surface area is 116 Å². The first-order chi connectivity index (χ1) is 9.15. The normalized spacial score (nSPS) is 22.9. The number of likely N-dealkylation sites (N-methyl/N-ethyl adjacent to an activating group) is 1. The van der Waals surface area contributed by atoms with Gasteiger partial charge in [0.25, 0.3) is 0 Å². The molecule has 2 unspecified atom stereocenters. The van der Waals surface area contributed by atoms with Gasteiger partial charge in [-0.2, -0.15) is 0 Å². The summed E-state index contributed by atoms with van der Waals surface area (Å²) >= 11 is 0. The van der Waals surface area contributed by atoms with Crippen molar-refractivity contribution in [1.29, 1.82) is 0 Å². The zero-order valence-electron chi connectivity index (χ0n) is 12.4. The molecule has 1 amide bonds. The SMILES string of the molecule is CCNC1COCC1C(=O)NCCOCCC(C)C. The van der Waals surface area contributed by atoms with E-state index < -0.39 is 0 Å². The Kier molecular flexibility index (Phi) is 8.02. The van der Waals surface area contributed by atoms with Crippen molar-refractivity contribution >= 4 is 5.91 Å². The highest BCUT2D eigenvalue weighted by Crippen LogP contribution is 2.13. The minimum absolute atomic E-state index is 0.0657. The topological polar surface area (TPSA) is 59.6 Å². The standard InChI is InChI=1S/C14H28N2O3/c1-4-15-13-10-19-9-12(13)14(17)16-6-8-18-7-5-11(2)3/h11-13,15H,4-10H2,1-3H3,(H,16,17). The summed E-state index contributed by atoms with van der Waals surface area (Å²) < 4.78 is 10.8. The maximum Gasteiger partial charge on any atom is 0.227 e. The van der Waals surface area contributed by atoms with Crippen LogP contribution in [0, 0.1) is 11.8 Å². The predicted octanol–water partition coefficient (Wildman–Crippen LogP) is 0.790. The van der Waals surface area contributed by atoms with Crippen LogP contribution in [0.1, 0.15) is 27.2 Å². The van der Waals surface area contributed by atoms with E-state index in [-0.39, 0.29) is 17.9 Å². The van der Waals surface area contributed by atoms with Crippen LogP contribution in [0.3, 0.4) is 0 Å². The van der Waals surface area contributed by atoms with E-state index in [0.29, 0.717) is 32.3 Å². The highest BCUT2D eigenvalue weighted by molar-refractivity contribution is 5.79. The fourth-order valence-corrected chi connectivity index (χ4v) is 2.07. The molecule has 2 atom stereocenters. The average molecular weight is 272 g/mol. The third kappa shape index (κ3) is 6.36. The van der Waals surface area contributed by atoms with Crippen LogP contribution >= 0.6 is 0 Å². The van der Waals surface area contributed by atoms with E-state index in [9.17, 15) is 4.79 Å². The predicted molar refractivity (Wildman–Crippen MR) is 75.1 cm³/mol. The molecule has 1 aliphatic heterocycles. The van der Waals surface area contributed by atoms with E-state index in [2.05, 4.69) is 24.5 Å². The second-order valence-corrected chi connectivity index (χ2v) is 5.39. The molecule has 0 aromatic heterocycles. The molecule has 5 heteroatoms. The fourth-order valence-electron chi connectivity index (χ4n) is 2.07. The molecule has 0 spiro atoms. The van der Waals surface area contributed by atoms with Crippen molar-refractivity contribution < 1.29 is 14.3 Å². The van der Waals surface area contributed by atoms with E-state index >= 15 is 0 Å². The van der Waals surface area contributed by atoms with Crippen molar-refractivity contribution in [3.63, 3.8) is 0 Å². The van der Waals surface area contributed by atoms with Gasteiger partial charge in [-0.1, -0.05) is 20.8 Å². The highest BCUT2D eigenvalue weighted by Gasteiger charge is 2.33. The molecule has 0 aromatic carbocycles. The largest absolute Gasteiger partial charge is 0.380 e. The highest BCUT2D eigenvalue weighted by atomic mass is 16.5. The summed E-state index contributed by atoms with van der Waals surface area (Å²) in [7, 11) is 0. The second kappa shape index (κ2) is 9.28. The summed E-state index contributed by atoms with van der Waals surface area (Å²) in [5.41, 5.74) is 0. The summed E-state index contributed by atoms with van der Waals surface area (Å²) in [4.78, 5) is 12.0. The van der Waals surface area contributed by atoms with E-state index in [1.807, 2.05) is 6.92 Å². The van der Waals surface area contributed by atoms with Gasteiger partial charge in [-0.05, 0) is 18.9 Å². The summed E-state index contributed by atoms with van der Waals surface area (Å²) in [5.74, 6) is 0.651. The van der Waals surface area contributed by atoms with Crippen molar-refractivity contribution in [1.82, 2.24) is 10.6 Å². The molecule has 0 aromatic rings. The minimum atomic E-state index is -0.0735. The molecule has 5 nitrogen and oxygen atoms in total. The smallest absolute Gasteiger partial charge is 0.227 e. The number of amides is 1. The summed E-state index contributed by atoms with van der Waals surface area (Å²) in [5, 5.41) is 6.20. The molecule has 1 rings (SSSR count). The summed E-state index contributed by atoms with van der Waals surface area (Å²) in [6.07, 6.45) is 1.06. The van der Waals surface area contributed by atoms with E-state index in [1.165, 1.54) is 0 Å². The van der Waals surface area contributed by atoms with Gasteiger partial charge in [0, 0.05) is 19.2 Å². The lowest BCUT2D eigenvalue weighted by Crippen LogP contribution is -2.44. The van der Waals surface area contributed by atoms with E-state index in [0.717, 1.165) is 19.6 Å². The van der Waals surface area contributed by atoms with Crippen LogP contribution in [0.2, 0.25) is 0 Å². The van der Waals surface area contributed by atoms with Crippen molar-refractivity contribution in [3.8, 4) is 0 Å². The monoisotopic (exact) mass is 272 g/mol. The number of ether oxygens (including phenoxy) is 2. The van der Waals surface area contributed by atoms with Gasteiger partial charge < -0.3 is 20.1 Å². The Balaban J connectivity index is 2.10. The fraction of sp³-hybridized carbons (Fsp3) is 0.929. The molecule has 1 aliphatic rings. The van der Waals surface area contributed by atoms with Gasteiger partial charge in [-0.3, -0.25) is 4.79 Å². The summed E-state index contributed by atoms with van der Waals surface area (Å²) in [6, 6.07) is 0.145. The third-order valence-electron chi connectivity index (χ3n) is 3.27. The molecule has 0 bridgehead atoms. The Bertz CT molecular complexity index is 259. The van der Waals surface area contributed by atoms with Crippen molar-refractivity contribution in [2.45, 2.75) is 33.2 Å². The van der Waals surface area contributed by atoms with Crippen LogP contribution in [-0.2, 0) is 14.3 Å². The Hall–Kier alpha value is -0.650. The van der Waals surface area contributed by atoms with Gasteiger partial charge in [0.1, 0.15) is 0 Å².